The highest BCUT2D eigenvalue weighted by atomic mass is 32.1. The molecule has 0 atom stereocenters. The standard InChI is InChI=1S/C17H19N5O2S/c1-3-21-12(8-9-18-21)15(23)20-22-10(2)19-16-14(17(22)24)11-6-4-5-7-13(11)25-16/h8-9H,3-7H2,1-2H3,(H,20,23). The van der Waals surface area contributed by atoms with Crippen LogP contribution in [0.4, 0.5) is 0 Å². The van der Waals surface area contributed by atoms with Gasteiger partial charge >= 0.3 is 0 Å². The van der Waals surface area contributed by atoms with Crippen LogP contribution in [0, 0.1) is 6.92 Å². The number of hydrogen-bond donors (Lipinski definition) is 1. The topological polar surface area (TPSA) is 81.8 Å². The summed E-state index contributed by atoms with van der Waals surface area (Å²) in [7, 11) is 0. The minimum Gasteiger partial charge on any atom is -0.267 e. The molecule has 25 heavy (non-hydrogen) atoms. The van der Waals surface area contributed by atoms with Gasteiger partial charge in [0.15, 0.2) is 0 Å². The van der Waals surface area contributed by atoms with Crippen LogP contribution in [0.25, 0.3) is 10.2 Å². The molecule has 4 rings (SSSR count). The van der Waals surface area contributed by atoms with Gasteiger partial charge in [-0.2, -0.15) is 5.10 Å². The van der Waals surface area contributed by atoms with Crippen molar-refractivity contribution in [2.45, 2.75) is 46.1 Å². The predicted octanol–water partition coefficient (Wildman–Crippen LogP) is 2.25. The zero-order valence-corrected chi connectivity index (χ0v) is 15.0. The smallest absolute Gasteiger partial charge is 0.267 e. The van der Waals surface area contributed by atoms with E-state index in [2.05, 4.69) is 15.5 Å². The Hall–Kier alpha value is -2.48. The summed E-state index contributed by atoms with van der Waals surface area (Å²) in [6, 6.07) is 1.64. The summed E-state index contributed by atoms with van der Waals surface area (Å²) in [6.45, 7) is 4.22. The molecule has 1 N–H and O–H groups in total. The summed E-state index contributed by atoms with van der Waals surface area (Å²) in [4.78, 5) is 32.2. The van der Waals surface area contributed by atoms with Gasteiger partial charge in [-0.05, 0) is 51.2 Å². The molecule has 1 aliphatic carbocycles. The molecule has 0 spiro atoms. The first-order valence-electron chi connectivity index (χ1n) is 8.47. The van der Waals surface area contributed by atoms with Crippen molar-refractivity contribution in [3.8, 4) is 0 Å². The van der Waals surface area contributed by atoms with Crippen molar-refractivity contribution >= 4 is 27.5 Å². The van der Waals surface area contributed by atoms with Crippen LogP contribution < -0.4 is 11.0 Å². The molecule has 7 nitrogen and oxygen atoms in total. The number of hydrogen-bond acceptors (Lipinski definition) is 5. The number of nitrogens with one attached hydrogen (secondary N) is 1. The van der Waals surface area contributed by atoms with Gasteiger partial charge in [-0.3, -0.25) is 19.7 Å². The molecule has 0 fully saturated rings. The van der Waals surface area contributed by atoms with E-state index in [1.807, 2.05) is 6.92 Å². The van der Waals surface area contributed by atoms with E-state index in [1.165, 1.54) is 9.55 Å². The maximum absolute atomic E-state index is 13.0. The Balaban J connectivity index is 1.79. The minimum atomic E-state index is -0.366. The SMILES string of the molecule is CCn1nccc1C(=O)Nn1c(C)nc2sc3c(c2c1=O)CCCC3. The number of carbonyl (C=O) groups is 1. The van der Waals surface area contributed by atoms with Gasteiger partial charge in [0.25, 0.3) is 11.5 Å². The lowest BCUT2D eigenvalue weighted by Crippen LogP contribution is -2.36. The molecule has 0 radical (unpaired) electrons. The number of nitrogens with zero attached hydrogens (tertiary/aromatic N) is 4. The molecular formula is C17H19N5O2S. The number of aryl methyl sites for hydroxylation is 4. The van der Waals surface area contributed by atoms with Crippen molar-refractivity contribution in [1.82, 2.24) is 19.4 Å². The molecule has 3 heterocycles. The van der Waals surface area contributed by atoms with Crippen LogP contribution in [0.15, 0.2) is 17.1 Å². The predicted molar refractivity (Wildman–Crippen MR) is 96.9 cm³/mol. The molecule has 0 saturated carbocycles. The third kappa shape index (κ3) is 2.57. The maximum Gasteiger partial charge on any atom is 0.288 e. The molecule has 3 aromatic heterocycles. The van der Waals surface area contributed by atoms with Crippen molar-refractivity contribution in [1.29, 1.82) is 0 Å². The fourth-order valence-electron chi connectivity index (χ4n) is 3.37. The van der Waals surface area contributed by atoms with Gasteiger partial charge in [0, 0.05) is 17.6 Å². The minimum absolute atomic E-state index is 0.196. The Morgan fingerprint density at radius 1 is 1.36 bits per heavy atom. The highest BCUT2D eigenvalue weighted by molar-refractivity contribution is 7.18. The highest BCUT2D eigenvalue weighted by Crippen LogP contribution is 2.33. The fourth-order valence-corrected chi connectivity index (χ4v) is 4.67. The Bertz CT molecular complexity index is 1030. The Morgan fingerprint density at radius 3 is 2.96 bits per heavy atom. The second-order valence-electron chi connectivity index (χ2n) is 6.16. The van der Waals surface area contributed by atoms with Gasteiger partial charge in [-0.25, -0.2) is 9.66 Å². The van der Waals surface area contributed by atoms with E-state index in [-0.39, 0.29) is 11.5 Å². The van der Waals surface area contributed by atoms with Crippen molar-refractivity contribution in [3.63, 3.8) is 0 Å². The lowest BCUT2D eigenvalue weighted by Gasteiger charge is -2.13. The second-order valence-corrected chi connectivity index (χ2v) is 7.25. The highest BCUT2D eigenvalue weighted by Gasteiger charge is 2.22. The van der Waals surface area contributed by atoms with E-state index in [0.717, 1.165) is 36.1 Å². The van der Waals surface area contributed by atoms with E-state index in [1.54, 1.807) is 35.2 Å². The molecule has 0 bridgehead atoms. The summed E-state index contributed by atoms with van der Waals surface area (Å²) in [6.07, 6.45) is 5.74. The molecular weight excluding hydrogens is 338 g/mol. The quantitative estimate of drug-likeness (QED) is 0.779. The van der Waals surface area contributed by atoms with Crippen LogP contribution in [-0.4, -0.2) is 25.3 Å². The van der Waals surface area contributed by atoms with Crippen LogP contribution in [0.5, 0.6) is 0 Å². The van der Waals surface area contributed by atoms with Crippen molar-refractivity contribution < 1.29 is 4.79 Å². The van der Waals surface area contributed by atoms with E-state index in [9.17, 15) is 9.59 Å². The molecule has 0 unspecified atom stereocenters. The van der Waals surface area contributed by atoms with E-state index in [0.29, 0.717) is 23.4 Å². The van der Waals surface area contributed by atoms with Gasteiger partial charge < -0.3 is 0 Å². The normalized spacial score (nSPS) is 13.8. The monoisotopic (exact) mass is 357 g/mol. The van der Waals surface area contributed by atoms with E-state index in [4.69, 9.17) is 0 Å². The van der Waals surface area contributed by atoms with Gasteiger partial charge in [-0.15, -0.1) is 11.3 Å². The van der Waals surface area contributed by atoms with Crippen LogP contribution in [0.2, 0.25) is 0 Å². The summed E-state index contributed by atoms with van der Waals surface area (Å²) >= 11 is 1.61. The maximum atomic E-state index is 13.0. The number of carbonyl (C=O) groups excluding carboxylic acids is 1. The molecule has 8 heteroatoms. The first-order valence-corrected chi connectivity index (χ1v) is 9.29. The molecule has 0 aromatic carbocycles. The number of aromatic nitrogens is 4. The lowest BCUT2D eigenvalue weighted by atomic mass is 9.97. The Kier molecular flexibility index (Phi) is 3.91. The van der Waals surface area contributed by atoms with Gasteiger partial charge in [0.05, 0.1) is 5.39 Å². The number of amides is 1. The van der Waals surface area contributed by atoms with E-state index < -0.39 is 0 Å². The third-order valence-corrected chi connectivity index (χ3v) is 5.80. The molecule has 130 valence electrons. The molecule has 0 saturated heterocycles. The molecule has 1 amide bonds. The van der Waals surface area contributed by atoms with E-state index >= 15 is 0 Å². The molecule has 3 aromatic rings. The number of fused-ring (bicyclic) bond motifs is 3. The largest absolute Gasteiger partial charge is 0.288 e. The first-order chi connectivity index (χ1) is 12.1. The van der Waals surface area contributed by atoms with Crippen molar-refractivity contribution in [2.24, 2.45) is 0 Å². The average molecular weight is 357 g/mol. The van der Waals surface area contributed by atoms with Crippen LogP contribution in [0.3, 0.4) is 0 Å². The third-order valence-electron chi connectivity index (χ3n) is 4.62. The van der Waals surface area contributed by atoms with Crippen LogP contribution in [0.1, 0.15) is 46.5 Å². The van der Waals surface area contributed by atoms with Crippen molar-refractivity contribution in [2.75, 3.05) is 5.43 Å². The van der Waals surface area contributed by atoms with Crippen molar-refractivity contribution in [3.05, 3.63) is 44.6 Å². The average Bonchev–Trinajstić information content (AvgIpc) is 3.22. The number of thiophene rings is 1. The zero-order valence-electron chi connectivity index (χ0n) is 14.2. The van der Waals surface area contributed by atoms with Crippen LogP contribution >= 0.6 is 11.3 Å². The summed E-state index contributed by atoms with van der Waals surface area (Å²) in [5, 5.41) is 4.76. The van der Waals surface area contributed by atoms with Gasteiger partial charge in [-0.1, -0.05) is 0 Å². The second kappa shape index (κ2) is 6.11. The molecule has 0 aliphatic heterocycles. The summed E-state index contributed by atoms with van der Waals surface area (Å²) in [5.41, 5.74) is 4.03. The van der Waals surface area contributed by atoms with Gasteiger partial charge in [0.1, 0.15) is 16.3 Å². The summed E-state index contributed by atoms with van der Waals surface area (Å²) in [5.74, 6) is 0.113. The lowest BCUT2D eigenvalue weighted by molar-refractivity contribution is 0.0996. The van der Waals surface area contributed by atoms with Crippen LogP contribution in [-0.2, 0) is 19.4 Å². The number of rotatable bonds is 3. The van der Waals surface area contributed by atoms with Gasteiger partial charge in [0.2, 0.25) is 0 Å². The molecule has 1 aliphatic rings. The Morgan fingerprint density at radius 2 is 2.16 bits per heavy atom. The summed E-state index contributed by atoms with van der Waals surface area (Å²) < 4.78 is 2.85. The first kappa shape index (κ1) is 16.0. The zero-order chi connectivity index (χ0) is 17.6. The fraction of sp³-hybridized carbons (Fsp3) is 0.412. The Labute approximate surface area is 148 Å².